The minimum absolute atomic E-state index is 0.0466. The first-order valence-electron chi connectivity index (χ1n) is 11.6. The van der Waals surface area contributed by atoms with Gasteiger partial charge in [-0.15, -0.1) is 10.2 Å². The van der Waals surface area contributed by atoms with Crippen LogP contribution in [0.25, 0.3) is 11.6 Å². The molecule has 0 bridgehead atoms. The molecule has 4 aromatic rings. The Morgan fingerprint density at radius 1 is 0.973 bits per heavy atom. The summed E-state index contributed by atoms with van der Waals surface area (Å²) in [7, 11) is 0. The average molecular weight is 579 g/mol. The van der Waals surface area contributed by atoms with Gasteiger partial charge in [0.05, 0.1) is 5.75 Å². The SMILES string of the molecule is O=C(CSc1nnc(-c2ccccn2)o1)Nc1ccc(N2CCN(C(=O)c3cccc(Br)c3)CC2)cc1. The van der Waals surface area contributed by atoms with E-state index in [1.165, 1.54) is 11.8 Å². The van der Waals surface area contributed by atoms with E-state index in [1.54, 1.807) is 18.3 Å². The number of benzene rings is 2. The lowest BCUT2D eigenvalue weighted by atomic mass is 10.1. The molecule has 0 radical (unpaired) electrons. The fourth-order valence-electron chi connectivity index (χ4n) is 3.91. The minimum Gasteiger partial charge on any atom is -0.410 e. The van der Waals surface area contributed by atoms with Crippen LogP contribution in [0.4, 0.5) is 11.4 Å². The summed E-state index contributed by atoms with van der Waals surface area (Å²) in [5.74, 6) is 0.331. The van der Waals surface area contributed by atoms with Gasteiger partial charge in [-0.25, -0.2) is 0 Å². The van der Waals surface area contributed by atoms with Crippen LogP contribution in [0.1, 0.15) is 10.4 Å². The molecule has 2 aromatic carbocycles. The van der Waals surface area contributed by atoms with Gasteiger partial charge in [-0.2, -0.15) is 0 Å². The lowest BCUT2D eigenvalue weighted by Crippen LogP contribution is -2.48. The second-order valence-electron chi connectivity index (χ2n) is 8.26. The van der Waals surface area contributed by atoms with Crippen LogP contribution < -0.4 is 10.2 Å². The summed E-state index contributed by atoms with van der Waals surface area (Å²) in [4.78, 5) is 33.5. The molecule has 0 unspecified atom stereocenters. The number of anilines is 2. The summed E-state index contributed by atoms with van der Waals surface area (Å²) in [5, 5.41) is 11.1. The zero-order chi connectivity index (χ0) is 25.6. The third kappa shape index (κ3) is 6.36. The quantitative estimate of drug-likeness (QED) is 0.317. The van der Waals surface area contributed by atoms with E-state index in [-0.39, 0.29) is 17.6 Å². The molecule has 0 saturated carbocycles. The Labute approximate surface area is 226 Å². The number of carbonyl (C=O) groups is 2. The zero-order valence-corrected chi connectivity index (χ0v) is 22.1. The number of amides is 2. The van der Waals surface area contributed by atoms with Crippen LogP contribution in [-0.2, 0) is 4.79 Å². The van der Waals surface area contributed by atoms with Gasteiger partial charge in [-0.05, 0) is 54.6 Å². The molecule has 0 aliphatic carbocycles. The van der Waals surface area contributed by atoms with Crippen LogP contribution in [0.5, 0.6) is 0 Å². The molecule has 37 heavy (non-hydrogen) atoms. The number of hydrogen-bond acceptors (Lipinski definition) is 8. The van der Waals surface area contributed by atoms with Gasteiger partial charge in [0.25, 0.3) is 17.0 Å². The number of nitrogens with zero attached hydrogens (tertiary/aromatic N) is 5. The predicted molar refractivity (Wildman–Crippen MR) is 146 cm³/mol. The first kappa shape index (κ1) is 25.0. The summed E-state index contributed by atoms with van der Waals surface area (Å²) < 4.78 is 6.47. The molecule has 3 heterocycles. The number of pyridine rings is 1. The van der Waals surface area contributed by atoms with Crippen molar-refractivity contribution < 1.29 is 14.0 Å². The number of halogens is 1. The van der Waals surface area contributed by atoms with E-state index in [1.807, 2.05) is 59.5 Å². The third-order valence-electron chi connectivity index (χ3n) is 5.77. The highest BCUT2D eigenvalue weighted by Crippen LogP contribution is 2.23. The van der Waals surface area contributed by atoms with E-state index < -0.39 is 0 Å². The van der Waals surface area contributed by atoms with Crippen molar-refractivity contribution in [1.29, 1.82) is 0 Å². The number of hydrogen-bond donors (Lipinski definition) is 1. The van der Waals surface area contributed by atoms with E-state index in [9.17, 15) is 9.59 Å². The number of carbonyl (C=O) groups excluding carboxylic acids is 2. The lowest BCUT2D eigenvalue weighted by Gasteiger charge is -2.36. The first-order chi connectivity index (χ1) is 18.0. The molecular formula is C26H23BrN6O3S. The Morgan fingerprint density at radius 2 is 1.78 bits per heavy atom. The highest BCUT2D eigenvalue weighted by atomic mass is 79.9. The number of aromatic nitrogens is 3. The maximum Gasteiger partial charge on any atom is 0.277 e. The van der Waals surface area contributed by atoms with Crippen molar-refractivity contribution in [3.8, 4) is 11.6 Å². The molecule has 1 fully saturated rings. The topological polar surface area (TPSA) is 104 Å². The molecule has 188 valence electrons. The number of nitrogens with one attached hydrogen (secondary N) is 1. The maximum atomic E-state index is 12.8. The summed E-state index contributed by atoms with van der Waals surface area (Å²) >= 11 is 4.59. The van der Waals surface area contributed by atoms with Crippen LogP contribution >= 0.6 is 27.7 Å². The maximum absolute atomic E-state index is 12.8. The molecule has 1 aliphatic heterocycles. The number of piperazine rings is 1. The van der Waals surface area contributed by atoms with E-state index in [2.05, 4.69) is 41.3 Å². The van der Waals surface area contributed by atoms with E-state index in [4.69, 9.17) is 4.42 Å². The van der Waals surface area contributed by atoms with Crippen LogP contribution in [-0.4, -0.2) is 63.8 Å². The summed E-state index contributed by atoms with van der Waals surface area (Å²) in [6.45, 7) is 2.79. The van der Waals surface area contributed by atoms with Gasteiger partial charge in [-0.3, -0.25) is 14.6 Å². The summed E-state index contributed by atoms with van der Waals surface area (Å²) in [6, 6.07) is 20.6. The first-order valence-corrected chi connectivity index (χ1v) is 13.4. The fourth-order valence-corrected chi connectivity index (χ4v) is 4.88. The average Bonchev–Trinajstić information content (AvgIpc) is 3.42. The van der Waals surface area contributed by atoms with E-state index in [0.29, 0.717) is 41.1 Å². The normalized spacial score (nSPS) is 13.4. The van der Waals surface area contributed by atoms with Gasteiger partial charge < -0.3 is 19.5 Å². The molecule has 0 atom stereocenters. The lowest BCUT2D eigenvalue weighted by molar-refractivity contribution is -0.113. The van der Waals surface area contributed by atoms with Gasteiger partial charge >= 0.3 is 0 Å². The van der Waals surface area contributed by atoms with Crippen molar-refractivity contribution >= 4 is 50.9 Å². The summed E-state index contributed by atoms with van der Waals surface area (Å²) in [6.07, 6.45) is 1.65. The van der Waals surface area contributed by atoms with E-state index in [0.717, 1.165) is 23.2 Å². The monoisotopic (exact) mass is 578 g/mol. The molecule has 1 aliphatic rings. The molecule has 5 rings (SSSR count). The molecular weight excluding hydrogens is 556 g/mol. The molecule has 1 saturated heterocycles. The van der Waals surface area contributed by atoms with E-state index >= 15 is 0 Å². The largest absolute Gasteiger partial charge is 0.410 e. The summed E-state index contributed by atoms with van der Waals surface area (Å²) in [5.41, 5.74) is 3.03. The Bertz CT molecular complexity index is 1370. The number of thioether (sulfide) groups is 1. The third-order valence-corrected chi connectivity index (χ3v) is 7.08. The molecule has 1 N–H and O–H groups in total. The van der Waals surface area contributed by atoms with Gasteiger partial charge in [0.2, 0.25) is 5.91 Å². The van der Waals surface area contributed by atoms with Crippen LogP contribution in [0.15, 0.2) is 87.0 Å². The minimum atomic E-state index is -0.171. The smallest absolute Gasteiger partial charge is 0.277 e. The standard InChI is InChI=1S/C26H23BrN6O3S/c27-19-5-3-4-18(16-19)25(35)33-14-12-32(13-15-33)21-9-7-20(8-10-21)29-23(34)17-37-26-31-30-24(36-26)22-6-1-2-11-28-22/h1-11,16H,12-15,17H2,(H,29,34). The van der Waals surface area contributed by atoms with Gasteiger partial charge in [0.15, 0.2) is 0 Å². The molecule has 0 spiro atoms. The highest BCUT2D eigenvalue weighted by molar-refractivity contribution is 9.10. The van der Waals surface area contributed by atoms with Crippen molar-refractivity contribution in [2.45, 2.75) is 5.22 Å². The van der Waals surface area contributed by atoms with Crippen LogP contribution in [0.2, 0.25) is 0 Å². The van der Waals surface area contributed by atoms with Crippen molar-refractivity contribution in [3.63, 3.8) is 0 Å². The van der Waals surface area contributed by atoms with Crippen molar-refractivity contribution in [2.24, 2.45) is 0 Å². The van der Waals surface area contributed by atoms with Crippen molar-refractivity contribution in [3.05, 3.63) is 83.0 Å². The van der Waals surface area contributed by atoms with Gasteiger partial charge in [0, 0.05) is 53.8 Å². The van der Waals surface area contributed by atoms with Crippen LogP contribution in [0, 0.1) is 0 Å². The Hall–Kier alpha value is -3.70. The molecule has 2 aromatic heterocycles. The van der Waals surface area contributed by atoms with Crippen LogP contribution in [0.3, 0.4) is 0 Å². The molecule has 11 heteroatoms. The Kier molecular flexibility index (Phi) is 7.81. The van der Waals surface area contributed by atoms with Crippen molar-refractivity contribution in [2.75, 3.05) is 42.1 Å². The second kappa shape index (κ2) is 11.6. The Morgan fingerprint density at radius 3 is 2.51 bits per heavy atom. The van der Waals surface area contributed by atoms with Gasteiger partial charge in [-0.1, -0.05) is 39.8 Å². The second-order valence-corrected chi connectivity index (χ2v) is 10.1. The number of rotatable bonds is 7. The van der Waals surface area contributed by atoms with Crippen molar-refractivity contribution in [1.82, 2.24) is 20.1 Å². The zero-order valence-electron chi connectivity index (χ0n) is 19.7. The Balaban J connectivity index is 1.09. The van der Waals surface area contributed by atoms with Gasteiger partial charge in [0.1, 0.15) is 5.69 Å². The molecule has 2 amide bonds. The molecule has 9 nitrogen and oxygen atoms in total. The fraction of sp³-hybridized carbons (Fsp3) is 0.192. The highest BCUT2D eigenvalue weighted by Gasteiger charge is 2.22. The predicted octanol–water partition coefficient (Wildman–Crippen LogP) is 4.59.